The lowest BCUT2D eigenvalue weighted by molar-refractivity contribution is 0.462. The Labute approximate surface area is 94.2 Å². The van der Waals surface area contributed by atoms with Crippen LogP contribution in [0.1, 0.15) is 12.0 Å². The van der Waals surface area contributed by atoms with Crippen molar-refractivity contribution in [2.24, 2.45) is 11.7 Å². The minimum atomic E-state index is -0.166. The predicted molar refractivity (Wildman–Crippen MR) is 63.5 cm³/mol. The zero-order chi connectivity index (χ0) is 10.7. The van der Waals surface area contributed by atoms with E-state index in [2.05, 4.69) is 0 Å². The molecule has 82 valence electrons. The number of hydrogen-bond acceptors (Lipinski definition) is 2. The van der Waals surface area contributed by atoms with Gasteiger partial charge in [-0.2, -0.15) is 11.8 Å². The standard InChI is InChI=1S/C12H16FNS/c13-11-3-1-2-9(6-11)7-12(14)10-4-5-15-8-10/h1-3,6,10,12H,4-5,7-8,14H2. The van der Waals surface area contributed by atoms with Gasteiger partial charge in [-0.1, -0.05) is 12.1 Å². The maximum Gasteiger partial charge on any atom is 0.123 e. The largest absolute Gasteiger partial charge is 0.327 e. The van der Waals surface area contributed by atoms with Crippen molar-refractivity contribution >= 4 is 11.8 Å². The third kappa shape index (κ3) is 2.95. The van der Waals surface area contributed by atoms with Gasteiger partial charge in [0.2, 0.25) is 0 Å². The molecule has 1 aromatic rings. The molecule has 1 fully saturated rings. The number of halogens is 1. The van der Waals surface area contributed by atoms with Crippen LogP contribution in [0.4, 0.5) is 4.39 Å². The molecule has 0 aliphatic carbocycles. The Morgan fingerprint density at radius 1 is 1.53 bits per heavy atom. The number of nitrogens with two attached hydrogens (primary N) is 1. The van der Waals surface area contributed by atoms with E-state index in [1.807, 2.05) is 17.8 Å². The van der Waals surface area contributed by atoms with Crippen LogP contribution < -0.4 is 5.73 Å². The molecular weight excluding hydrogens is 209 g/mol. The third-order valence-electron chi connectivity index (χ3n) is 2.93. The quantitative estimate of drug-likeness (QED) is 0.855. The molecule has 0 radical (unpaired) electrons. The molecule has 1 aliphatic heterocycles. The molecule has 1 saturated heterocycles. The number of rotatable bonds is 3. The summed E-state index contributed by atoms with van der Waals surface area (Å²) in [7, 11) is 0. The lowest BCUT2D eigenvalue weighted by atomic mass is 9.94. The van der Waals surface area contributed by atoms with Crippen LogP contribution >= 0.6 is 11.8 Å². The maximum atomic E-state index is 12.9. The average Bonchev–Trinajstić information content (AvgIpc) is 2.70. The highest BCUT2D eigenvalue weighted by Crippen LogP contribution is 2.26. The highest BCUT2D eigenvalue weighted by Gasteiger charge is 2.22. The van der Waals surface area contributed by atoms with Crippen molar-refractivity contribution in [1.82, 2.24) is 0 Å². The van der Waals surface area contributed by atoms with Crippen LogP contribution in [0, 0.1) is 11.7 Å². The number of benzene rings is 1. The van der Waals surface area contributed by atoms with Crippen LogP contribution in [0.5, 0.6) is 0 Å². The molecular formula is C12H16FNS. The van der Waals surface area contributed by atoms with Gasteiger partial charge < -0.3 is 5.73 Å². The fraction of sp³-hybridized carbons (Fsp3) is 0.500. The van der Waals surface area contributed by atoms with Gasteiger partial charge in [0.25, 0.3) is 0 Å². The predicted octanol–water partition coefficient (Wildman–Crippen LogP) is 2.45. The molecule has 1 nitrogen and oxygen atoms in total. The molecule has 2 unspecified atom stereocenters. The average molecular weight is 225 g/mol. The van der Waals surface area contributed by atoms with Gasteiger partial charge in [-0.3, -0.25) is 0 Å². The van der Waals surface area contributed by atoms with E-state index in [1.165, 1.54) is 18.2 Å². The van der Waals surface area contributed by atoms with Crippen molar-refractivity contribution in [3.8, 4) is 0 Å². The minimum absolute atomic E-state index is 0.166. The molecule has 2 rings (SSSR count). The third-order valence-corrected chi connectivity index (χ3v) is 4.12. The summed E-state index contributed by atoms with van der Waals surface area (Å²) in [6, 6.07) is 6.94. The van der Waals surface area contributed by atoms with E-state index >= 15 is 0 Å². The molecule has 3 heteroatoms. The highest BCUT2D eigenvalue weighted by atomic mass is 32.2. The first kappa shape index (κ1) is 11.0. The van der Waals surface area contributed by atoms with E-state index in [0.717, 1.165) is 17.7 Å². The summed E-state index contributed by atoms with van der Waals surface area (Å²) in [5, 5.41) is 0. The molecule has 0 bridgehead atoms. The summed E-state index contributed by atoms with van der Waals surface area (Å²) in [5.74, 6) is 2.83. The lowest BCUT2D eigenvalue weighted by Crippen LogP contribution is -2.32. The van der Waals surface area contributed by atoms with Crippen LogP contribution in [-0.2, 0) is 6.42 Å². The van der Waals surface area contributed by atoms with E-state index in [9.17, 15) is 4.39 Å². The lowest BCUT2D eigenvalue weighted by Gasteiger charge is -2.18. The fourth-order valence-electron chi connectivity index (χ4n) is 1.99. The fourth-order valence-corrected chi connectivity index (χ4v) is 3.35. The van der Waals surface area contributed by atoms with Crippen molar-refractivity contribution in [1.29, 1.82) is 0 Å². The summed E-state index contributed by atoms with van der Waals surface area (Å²) in [5.41, 5.74) is 7.14. The van der Waals surface area contributed by atoms with Gasteiger partial charge >= 0.3 is 0 Å². The Balaban J connectivity index is 1.95. The van der Waals surface area contributed by atoms with E-state index in [0.29, 0.717) is 5.92 Å². The zero-order valence-electron chi connectivity index (χ0n) is 8.66. The van der Waals surface area contributed by atoms with Crippen LogP contribution in [0.3, 0.4) is 0 Å². The van der Waals surface area contributed by atoms with Crippen molar-refractivity contribution in [3.63, 3.8) is 0 Å². The summed E-state index contributed by atoms with van der Waals surface area (Å²) >= 11 is 1.97. The second-order valence-corrected chi connectivity index (χ2v) is 5.27. The first-order valence-corrected chi connectivity index (χ1v) is 6.49. The topological polar surface area (TPSA) is 26.0 Å². The number of thioether (sulfide) groups is 1. The van der Waals surface area contributed by atoms with Gasteiger partial charge in [0.15, 0.2) is 0 Å². The minimum Gasteiger partial charge on any atom is -0.327 e. The molecule has 15 heavy (non-hydrogen) atoms. The molecule has 0 aromatic heterocycles. The van der Waals surface area contributed by atoms with Crippen molar-refractivity contribution in [3.05, 3.63) is 35.6 Å². The van der Waals surface area contributed by atoms with Crippen LogP contribution in [0.15, 0.2) is 24.3 Å². The summed E-state index contributed by atoms with van der Waals surface area (Å²) in [4.78, 5) is 0. The summed E-state index contributed by atoms with van der Waals surface area (Å²) in [6.07, 6.45) is 2.00. The van der Waals surface area contributed by atoms with Gasteiger partial charge in [-0.05, 0) is 48.0 Å². The molecule has 2 atom stereocenters. The Kier molecular flexibility index (Phi) is 3.65. The number of hydrogen-bond donors (Lipinski definition) is 1. The molecule has 0 amide bonds. The Hall–Kier alpha value is -0.540. The van der Waals surface area contributed by atoms with E-state index in [4.69, 9.17) is 5.73 Å². The second kappa shape index (κ2) is 4.99. The maximum absolute atomic E-state index is 12.9. The van der Waals surface area contributed by atoms with Crippen molar-refractivity contribution < 1.29 is 4.39 Å². The van der Waals surface area contributed by atoms with Crippen LogP contribution in [0.25, 0.3) is 0 Å². The highest BCUT2D eigenvalue weighted by molar-refractivity contribution is 7.99. The van der Waals surface area contributed by atoms with Gasteiger partial charge in [-0.15, -0.1) is 0 Å². The SMILES string of the molecule is NC(Cc1cccc(F)c1)C1CCSC1. The molecule has 0 spiro atoms. The van der Waals surface area contributed by atoms with Crippen molar-refractivity contribution in [2.75, 3.05) is 11.5 Å². The zero-order valence-corrected chi connectivity index (χ0v) is 9.47. The monoisotopic (exact) mass is 225 g/mol. The van der Waals surface area contributed by atoms with Crippen LogP contribution in [0.2, 0.25) is 0 Å². The molecule has 0 saturated carbocycles. The summed E-state index contributed by atoms with van der Waals surface area (Å²) in [6.45, 7) is 0. The smallest absolute Gasteiger partial charge is 0.123 e. The van der Waals surface area contributed by atoms with E-state index in [1.54, 1.807) is 12.1 Å². The summed E-state index contributed by atoms with van der Waals surface area (Å²) < 4.78 is 12.9. The van der Waals surface area contributed by atoms with Gasteiger partial charge in [0, 0.05) is 6.04 Å². The van der Waals surface area contributed by atoms with Gasteiger partial charge in [-0.25, -0.2) is 4.39 Å². The molecule has 2 N–H and O–H groups in total. The van der Waals surface area contributed by atoms with Crippen LogP contribution in [-0.4, -0.2) is 17.5 Å². The normalized spacial score (nSPS) is 22.9. The van der Waals surface area contributed by atoms with Gasteiger partial charge in [0.05, 0.1) is 0 Å². The van der Waals surface area contributed by atoms with E-state index < -0.39 is 0 Å². The van der Waals surface area contributed by atoms with E-state index in [-0.39, 0.29) is 11.9 Å². The molecule has 1 heterocycles. The van der Waals surface area contributed by atoms with Crippen molar-refractivity contribution in [2.45, 2.75) is 18.9 Å². The molecule has 1 aliphatic rings. The first-order valence-electron chi connectivity index (χ1n) is 5.33. The Morgan fingerprint density at radius 3 is 3.07 bits per heavy atom. The first-order chi connectivity index (χ1) is 7.25. The molecule has 1 aromatic carbocycles. The Bertz CT molecular complexity index is 323. The Morgan fingerprint density at radius 2 is 2.40 bits per heavy atom. The van der Waals surface area contributed by atoms with Gasteiger partial charge in [0.1, 0.15) is 5.82 Å². The second-order valence-electron chi connectivity index (χ2n) is 4.12.